The third-order valence-electron chi connectivity index (χ3n) is 6.14. The van der Waals surface area contributed by atoms with Crippen LogP contribution >= 0.6 is 23.1 Å². The summed E-state index contributed by atoms with van der Waals surface area (Å²) >= 11 is 3.19. The van der Waals surface area contributed by atoms with E-state index in [0.29, 0.717) is 0 Å². The van der Waals surface area contributed by atoms with Gasteiger partial charge in [0.1, 0.15) is 4.70 Å². The quantitative estimate of drug-likeness (QED) is 0.227. The minimum absolute atomic E-state index is 0.0193. The van der Waals surface area contributed by atoms with Gasteiger partial charge >= 0.3 is 0 Å². The lowest BCUT2D eigenvalue weighted by molar-refractivity contribution is 0.185. The Morgan fingerprint density at radius 3 is 2.68 bits per heavy atom. The van der Waals surface area contributed by atoms with Crippen molar-refractivity contribution < 1.29 is 0 Å². The molecule has 0 aliphatic carbocycles. The zero-order chi connectivity index (χ0) is 21.0. The fourth-order valence-corrected chi connectivity index (χ4v) is 6.29. The van der Waals surface area contributed by atoms with Crippen LogP contribution in [0.1, 0.15) is 24.8 Å². The number of aromatic amines is 1. The van der Waals surface area contributed by atoms with Gasteiger partial charge in [-0.2, -0.15) is 0 Å². The van der Waals surface area contributed by atoms with E-state index in [9.17, 15) is 4.79 Å². The lowest BCUT2D eigenvalue weighted by Crippen LogP contribution is -2.35. The molecule has 0 bridgehead atoms. The number of hydrogen-bond donors (Lipinski definition) is 1. The number of fused-ring (bicyclic) bond motifs is 3. The van der Waals surface area contributed by atoms with Crippen LogP contribution in [0.4, 0.5) is 0 Å². The summed E-state index contributed by atoms with van der Waals surface area (Å²) in [4.78, 5) is 22.8. The van der Waals surface area contributed by atoms with Gasteiger partial charge in [-0.3, -0.25) is 4.79 Å². The van der Waals surface area contributed by atoms with E-state index in [1.165, 1.54) is 49.3 Å². The first-order chi connectivity index (χ1) is 15.3. The van der Waals surface area contributed by atoms with Crippen LogP contribution in [0.2, 0.25) is 0 Å². The molecule has 6 heteroatoms. The highest BCUT2D eigenvalue weighted by Gasteiger charge is 2.19. The topological polar surface area (TPSA) is 49.0 Å². The second kappa shape index (κ2) is 9.55. The number of nitrogens with one attached hydrogen (secondary N) is 1. The molecule has 2 aromatic carbocycles. The number of likely N-dealkylation sites (tertiary alicyclic amines) is 1. The normalized spacial score (nSPS) is 15.7. The van der Waals surface area contributed by atoms with Crippen molar-refractivity contribution in [3.05, 3.63) is 70.5 Å². The number of piperidine rings is 1. The molecule has 2 aromatic heterocycles. The summed E-state index contributed by atoms with van der Waals surface area (Å²) in [5.41, 5.74) is 2.29. The zero-order valence-corrected chi connectivity index (χ0v) is 19.2. The van der Waals surface area contributed by atoms with Crippen molar-refractivity contribution in [1.29, 1.82) is 0 Å². The summed E-state index contributed by atoms with van der Waals surface area (Å²) in [6, 6.07) is 19.0. The fraction of sp³-hybridized carbons (Fsp3) is 0.360. The van der Waals surface area contributed by atoms with Gasteiger partial charge in [0, 0.05) is 15.8 Å². The Kier molecular flexibility index (Phi) is 6.39. The Morgan fingerprint density at radius 1 is 1.06 bits per heavy atom. The average molecular weight is 450 g/mol. The highest BCUT2D eigenvalue weighted by molar-refractivity contribution is 7.99. The van der Waals surface area contributed by atoms with Gasteiger partial charge in [-0.05, 0) is 62.9 Å². The maximum absolute atomic E-state index is 12.5. The molecule has 160 valence electrons. The number of rotatable bonds is 7. The summed E-state index contributed by atoms with van der Waals surface area (Å²) in [5.74, 6) is 1.79. The first kappa shape index (κ1) is 20.7. The van der Waals surface area contributed by atoms with Crippen LogP contribution in [0, 0.1) is 5.92 Å². The number of thiophene rings is 1. The van der Waals surface area contributed by atoms with Crippen molar-refractivity contribution in [1.82, 2.24) is 14.9 Å². The van der Waals surface area contributed by atoms with Crippen LogP contribution in [-0.4, -0.2) is 40.3 Å². The lowest BCUT2D eigenvalue weighted by atomic mass is 9.90. The van der Waals surface area contributed by atoms with E-state index in [0.717, 1.165) is 50.1 Å². The molecule has 0 amide bonds. The molecule has 0 atom stereocenters. The smallest absolute Gasteiger partial charge is 0.269 e. The predicted octanol–water partition coefficient (Wildman–Crippen LogP) is 5.57. The van der Waals surface area contributed by atoms with Gasteiger partial charge in [-0.25, -0.2) is 4.98 Å². The van der Waals surface area contributed by atoms with Crippen molar-refractivity contribution in [3.8, 4) is 0 Å². The molecular weight excluding hydrogens is 422 g/mol. The van der Waals surface area contributed by atoms with Gasteiger partial charge in [0.25, 0.3) is 5.56 Å². The Labute approximate surface area is 190 Å². The molecule has 0 saturated carbocycles. The molecule has 4 nitrogen and oxygen atoms in total. The summed E-state index contributed by atoms with van der Waals surface area (Å²) < 4.78 is 1.84. The molecule has 0 unspecified atom stereocenters. The van der Waals surface area contributed by atoms with Crippen molar-refractivity contribution in [2.45, 2.75) is 30.8 Å². The van der Waals surface area contributed by atoms with E-state index in [4.69, 9.17) is 4.98 Å². The van der Waals surface area contributed by atoms with Crippen LogP contribution in [0.25, 0.3) is 20.3 Å². The van der Waals surface area contributed by atoms with Crippen LogP contribution in [0.15, 0.2) is 64.5 Å². The monoisotopic (exact) mass is 449 g/mol. The van der Waals surface area contributed by atoms with Crippen molar-refractivity contribution in [2.75, 3.05) is 25.4 Å². The predicted molar refractivity (Wildman–Crippen MR) is 132 cm³/mol. The highest BCUT2D eigenvalue weighted by Crippen LogP contribution is 2.31. The van der Waals surface area contributed by atoms with E-state index in [-0.39, 0.29) is 5.56 Å². The van der Waals surface area contributed by atoms with Crippen LogP contribution in [-0.2, 0) is 6.42 Å². The van der Waals surface area contributed by atoms with Crippen LogP contribution in [0.5, 0.6) is 0 Å². The third-order valence-corrected chi connectivity index (χ3v) is 8.26. The highest BCUT2D eigenvalue weighted by atomic mass is 32.2. The summed E-state index contributed by atoms with van der Waals surface area (Å²) in [6.07, 6.45) is 4.90. The number of hydrogen-bond acceptors (Lipinski definition) is 5. The second-order valence-electron chi connectivity index (χ2n) is 8.32. The maximum atomic E-state index is 12.5. The zero-order valence-electron chi connectivity index (χ0n) is 17.5. The van der Waals surface area contributed by atoms with E-state index in [1.54, 1.807) is 11.8 Å². The van der Waals surface area contributed by atoms with Crippen molar-refractivity contribution in [3.63, 3.8) is 0 Å². The van der Waals surface area contributed by atoms with Gasteiger partial charge in [-0.1, -0.05) is 60.3 Å². The number of H-pyrrole nitrogens is 1. The minimum Gasteiger partial charge on any atom is -0.303 e. The molecule has 4 aromatic rings. The molecule has 0 radical (unpaired) electrons. The van der Waals surface area contributed by atoms with Crippen molar-refractivity contribution >= 4 is 43.4 Å². The van der Waals surface area contributed by atoms with E-state index in [1.807, 2.05) is 12.1 Å². The van der Waals surface area contributed by atoms with Gasteiger partial charge in [0.2, 0.25) is 0 Å². The second-order valence-corrected chi connectivity index (χ2v) is 10.5. The maximum Gasteiger partial charge on any atom is 0.269 e. The summed E-state index contributed by atoms with van der Waals surface area (Å²) in [6.45, 7) is 3.52. The molecule has 3 heterocycles. The standard InChI is InChI=1S/C25H27N3OS2/c29-24-23-22(20-9-4-5-10-21(20)31-23)26-25(27-24)30-16-6-13-28-14-11-19(12-15-28)17-18-7-2-1-3-8-18/h1-5,7-10,19H,6,11-17H2,(H,26,27,29). The van der Waals surface area contributed by atoms with E-state index >= 15 is 0 Å². The van der Waals surface area contributed by atoms with Gasteiger partial charge in [0.15, 0.2) is 5.16 Å². The Hall–Kier alpha value is -2.15. The third kappa shape index (κ3) is 4.86. The molecule has 1 fully saturated rings. The Balaban J connectivity index is 1.11. The average Bonchev–Trinajstić information content (AvgIpc) is 3.18. The summed E-state index contributed by atoms with van der Waals surface area (Å²) in [7, 11) is 0. The first-order valence-corrected chi connectivity index (χ1v) is 12.9. The lowest BCUT2D eigenvalue weighted by Gasteiger charge is -2.32. The van der Waals surface area contributed by atoms with E-state index in [2.05, 4.69) is 52.3 Å². The van der Waals surface area contributed by atoms with Crippen LogP contribution < -0.4 is 5.56 Å². The van der Waals surface area contributed by atoms with E-state index < -0.39 is 0 Å². The molecule has 1 aliphatic heterocycles. The van der Waals surface area contributed by atoms with Gasteiger partial charge in [0.05, 0.1) is 5.52 Å². The van der Waals surface area contributed by atoms with Gasteiger partial charge < -0.3 is 9.88 Å². The minimum atomic E-state index is -0.0193. The van der Waals surface area contributed by atoms with Crippen LogP contribution in [0.3, 0.4) is 0 Å². The molecule has 31 heavy (non-hydrogen) atoms. The van der Waals surface area contributed by atoms with Crippen molar-refractivity contribution in [2.24, 2.45) is 5.92 Å². The number of nitrogens with zero attached hydrogens (tertiary/aromatic N) is 2. The molecule has 0 spiro atoms. The first-order valence-electron chi connectivity index (χ1n) is 11.1. The Bertz CT molecular complexity index is 1210. The Morgan fingerprint density at radius 2 is 1.84 bits per heavy atom. The molecular formula is C25H27N3OS2. The number of benzene rings is 2. The number of aromatic nitrogens is 2. The molecule has 5 rings (SSSR count). The van der Waals surface area contributed by atoms with Gasteiger partial charge in [-0.15, -0.1) is 11.3 Å². The molecule has 1 N–H and O–H groups in total. The SMILES string of the molecule is O=c1[nH]c(SCCCN2CCC(Cc3ccccc3)CC2)nc2c1sc1ccccc12. The molecule has 1 saturated heterocycles. The number of thioether (sulfide) groups is 1. The fourth-order valence-electron chi connectivity index (χ4n) is 4.47. The summed E-state index contributed by atoms with van der Waals surface area (Å²) in [5, 5.41) is 1.82. The molecule has 1 aliphatic rings. The largest absolute Gasteiger partial charge is 0.303 e.